The zero-order valence-electron chi connectivity index (χ0n) is 9.93. The Morgan fingerprint density at radius 1 is 1.33 bits per heavy atom. The molecule has 1 heterocycles. The molecule has 0 fully saturated rings. The molecule has 18 heavy (non-hydrogen) atoms. The lowest BCUT2D eigenvalue weighted by molar-refractivity contribution is 0.274. The number of ether oxygens (including phenoxy) is 1. The van der Waals surface area contributed by atoms with Gasteiger partial charge in [-0.15, -0.1) is 0 Å². The average molecular weight is 265 g/mol. The summed E-state index contributed by atoms with van der Waals surface area (Å²) in [5, 5.41) is 9.69. The third kappa shape index (κ3) is 2.97. The fourth-order valence-electron chi connectivity index (χ4n) is 1.52. The molecule has 0 bridgehead atoms. The fourth-order valence-corrected chi connectivity index (χ4v) is 1.77. The molecule has 0 saturated heterocycles. The van der Waals surface area contributed by atoms with E-state index in [4.69, 9.17) is 21.4 Å². The highest BCUT2D eigenvalue weighted by Crippen LogP contribution is 2.25. The molecule has 0 spiro atoms. The van der Waals surface area contributed by atoms with E-state index in [2.05, 4.69) is 9.97 Å². The molecule has 5 heteroatoms. The number of nitrogens with zero attached hydrogens (tertiary/aromatic N) is 2. The van der Waals surface area contributed by atoms with Crippen molar-refractivity contribution >= 4 is 11.6 Å². The summed E-state index contributed by atoms with van der Waals surface area (Å²) in [6, 6.07) is 5.43. The molecule has 4 nitrogen and oxygen atoms in total. The molecule has 94 valence electrons. The summed E-state index contributed by atoms with van der Waals surface area (Å²) < 4.78 is 5.57. The Balaban J connectivity index is 2.22. The van der Waals surface area contributed by atoms with E-state index in [-0.39, 0.29) is 6.61 Å². The molecule has 0 aliphatic rings. The molecule has 2 aromatic rings. The van der Waals surface area contributed by atoms with E-state index in [1.165, 1.54) is 12.4 Å². The lowest BCUT2D eigenvalue weighted by Gasteiger charge is -2.07. The number of aliphatic hydroxyl groups is 1. The third-order valence-corrected chi connectivity index (χ3v) is 2.81. The Morgan fingerprint density at radius 3 is 2.89 bits per heavy atom. The van der Waals surface area contributed by atoms with Gasteiger partial charge in [0.05, 0.1) is 24.7 Å². The summed E-state index contributed by atoms with van der Waals surface area (Å²) in [5.41, 5.74) is 1.48. The second-order valence-corrected chi connectivity index (χ2v) is 4.12. The summed E-state index contributed by atoms with van der Waals surface area (Å²) in [6.45, 7) is 1.86. The van der Waals surface area contributed by atoms with Crippen LogP contribution in [0, 0.1) is 0 Å². The predicted octanol–water partition coefficient (Wildman–Crippen LogP) is 2.98. The van der Waals surface area contributed by atoms with Crippen molar-refractivity contribution in [2.75, 3.05) is 0 Å². The van der Waals surface area contributed by atoms with E-state index in [0.717, 1.165) is 17.0 Å². The quantitative estimate of drug-likeness (QED) is 0.922. The van der Waals surface area contributed by atoms with Gasteiger partial charge in [-0.3, -0.25) is 4.98 Å². The summed E-state index contributed by atoms with van der Waals surface area (Å²) >= 11 is 6.03. The van der Waals surface area contributed by atoms with Gasteiger partial charge in [0.2, 0.25) is 5.88 Å². The van der Waals surface area contributed by atoms with Crippen LogP contribution in [0.15, 0.2) is 30.6 Å². The molecule has 0 aliphatic carbocycles. The number of hydrogen-bond donors (Lipinski definition) is 1. The van der Waals surface area contributed by atoms with Crippen LogP contribution in [0.4, 0.5) is 0 Å². The van der Waals surface area contributed by atoms with Gasteiger partial charge in [0.1, 0.15) is 5.75 Å². The molecule has 0 saturated carbocycles. The van der Waals surface area contributed by atoms with Crippen LogP contribution < -0.4 is 4.74 Å². The van der Waals surface area contributed by atoms with E-state index in [9.17, 15) is 0 Å². The van der Waals surface area contributed by atoms with E-state index < -0.39 is 0 Å². The molecule has 0 unspecified atom stereocenters. The van der Waals surface area contributed by atoms with Gasteiger partial charge in [0.15, 0.2) is 0 Å². The van der Waals surface area contributed by atoms with Crippen molar-refractivity contribution in [2.24, 2.45) is 0 Å². The lowest BCUT2D eigenvalue weighted by atomic mass is 10.1. The molecular weight excluding hydrogens is 252 g/mol. The predicted molar refractivity (Wildman–Crippen MR) is 68.9 cm³/mol. The number of aryl methyl sites for hydroxylation is 1. The molecule has 1 N–H and O–H groups in total. The molecule has 1 aromatic carbocycles. The van der Waals surface area contributed by atoms with Crippen LogP contribution in [-0.2, 0) is 13.0 Å². The zero-order valence-corrected chi connectivity index (χ0v) is 10.7. The highest BCUT2D eigenvalue weighted by atomic mass is 35.5. The second-order valence-electron chi connectivity index (χ2n) is 3.72. The second kappa shape index (κ2) is 5.80. The van der Waals surface area contributed by atoms with Crippen molar-refractivity contribution in [1.82, 2.24) is 9.97 Å². The molecule has 0 aliphatic heterocycles. The van der Waals surface area contributed by atoms with Crippen LogP contribution in [0.5, 0.6) is 11.6 Å². The van der Waals surface area contributed by atoms with Crippen molar-refractivity contribution < 1.29 is 9.84 Å². The van der Waals surface area contributed by atoms with Crippen LogP contribution in [0.2, 0.25) is 5.02 Å². The van der Waals surface area contributed by atoms with Crippen LogP contribution in [-0.4, -0.2) is 15.1 Å². The molecular formula is C13H13ClN2O2. The highest BCUT2D eigenvalue weighted by molar-refractivity contribution is 6.31. The number of benzene rings is 1. The van der Waals surface area contributed by atoms with Gasteiger partial charge in [-0.05, 0) is 30.2 Å². The van der Waals surface area contributed by atoms with Gasteiger partial charge in [0.25, 0.3) is 0 Å². The molecule has 0 atom stereocenters. The van der Waals surface area contributed by atoms with Gasteiger partial charge in [0, 0.05) is 5.02 Å². The van der Waals surface area contributed by atoms with Crippen molar-refractivity contribution in [2.45, 2.75) is 20.0 Å². The average Bonchev–Trinajstić information content (AvgIpc) is 2.41. The minimum Gasteiger partial charge on any atom is -0.437 e. The monoisotopic (exact) mass is 264 g/mol. The molecule has 1 aromatic heterocycles. The number of halogens is 1. The number of aliphatic hydroxyl groups excluding tert-OH is 1. The van der Waals surface area contributed by atoms with Crippen molar-refractivity contribution in [3.05, 3.63) is 46.9 Å². The Bertz CT molecular complexity index is 546. The SMILES string of the molecule is CCc1cc(Oc2cncc(CO)n2)ccc1Cl. The van der Waals surface area contributed by atoms with E-state index >= 15 is 0 Å². The van der Waals surface area contributed by atoms with E-state index in [0.29, 0.717) is 17.3 Å². The molecule has 0 radical (unpaired) electrons. The van der Waals surface area contributed by atoms with Gasteiger partial charge in [-0.2, -0.15) is 0 Å². The Kier molecular flexibility index (Phi) is 4.12. The largest absolute Gasteiger partial charge is 0.437 e. The third-order valence-electron chi connectivity index (χ3n) is 2.44. The number of hydrogen-bond acceptors (Lipinski definition) is 4. The lowest BCUT2D eigenvalue weighted by Crippen LogP contribution is -1.95. The van der Waals surface area contributed by atoms with E-state index in [1.54, 1.807) is 12.1 Å². The normalized spacial score (nSPS) is 10.4. The van der Waals surface area contributed by atoms with Crippen LogP contribution in [0.3, 0.4) is 0 Å². The summed E-state index contributed by atoms with van der Waals surface area (Å²) in [5.74, 6) is 1.01. The van der Waals surface area contributed by atoms with E-state index in [1.807, 2.05) is 13.0 Å². The topological polar surface area (TPSA) is 55.2 Å². The minimum absolute atomic E-state index is 0.162. The van der Waals surface area contributed by atoms with Crippen LogP contribution >= 0.6 is 11.6 Å². The maximum atomic E-state index is 8.97. The van der Waals surface area contributed by atoms with Crippen molar-refractivity contribution in [3.8, 4) is 11.6 Å². The van der Waals surface area contributed by atoms with Gasteiger partial charge in [-0.25, -0.2) is 4.98 Å². The maximum absolute atomic E-state index is 8.97. The first-order valence-corrected chi connectivity index (χ1v) is 5.98. The van der Waals surface area contributed by atoms with Crippen molar-refractivity contribution in [1.29, 1.82) is 0 Å². The van der Waals surface area contributed by atoms with Gasteiger partial charge >= 0.3 is 0 Å². The summed E-state index contributed by atoms with van der Waals surface area (Å²) in [7, 11) is 0. The maximum Gasteiger partial charge on any atom is 0.238 e. The Labute approximate surface area is 110 Å². The molecule has 0 amide bonds. The minimum atomic E-state index is -0.162. The first-order valence-electron chi connectivity index (χ1n) is 5.61. The first kappa shape index (κ1) is 12.8. The first-order chi connectivity index (χ1) is 8.72. The highest BCUT2D eigenvalue weighted by Gasteiger charge is 2.04. The smallest absolute Gasteiger partial charge is 0.238 e. The van der Waals surface area contributed by atoms with Gasteiger partial charge in [-0.1, -0.05) is 18.5 Å². The fraction of sp³-hybridized carbons (Fsp3) is 0.231. The standard InChI is InChI=1S/C13H13ClN2O2/c1-2-9-5-11(3-4-12(9)14)18-13-7-15-6-10(8-17)16-13/h3-7,17H,2,8H2,1H3. The Morgan fingerprint density at radius 2 is 2.17 bits per heavy atom. The van der Waals surface area contributed by atoms with Crippen molar-refractivity contribution in [3.63, 3.8) is 0 Å². The summed E-state index contributed by atoms with van der Waals surface area (Å²) in [4.78, 5) is 8.03. The zero-order chi connectivity index (χ0) is 13.0. The van der Waals surface area contributed by atoms with Crippen LogP contribution in [0.1, 0.15) is 18.2 Å². The number of aromatic nitrogens is 2. The molecule has 2 rings (SSSR count). The van der Waals surface area contributed by atoms with Gasteiger partial charge < -0.3 is 9.84 Å². The Hall–Kier alpha value is -1.65. The summed E-state index contributed by atoms with van der Waals surface area (Å²) in [6.07, 6.45) is 3.82. The number of rotatable bonds is 4. The van der Waals surface area contributed by atoms with Crippen LogP contribution in [0.25, 0.3) is 0 Å².